The van der Waals surface area contributed by atoms with Crippen molar-refractivity contribution in [1.29, 1.82) is 0 Å². The molecule has 19 heavy (non-hydrogen) atoms. The Labute approximate surface area is 118 Å². The van der Waals surface area contributed by atoms with Crippen LogP contribution >= 0.6 is 0 Å². The highest BCUT2D eigenvalue weighted by Gasteiger charge is 2.30. The van der Waals surface area contributed by atoms with Gasteiger partial charge in [0.25, 0.3) is 0 Å². The van der Waals surface area contributed by atoms with Crippen molar-refractivity contribution >= 4 is 0 Å². The van der Waals surface area contributed by atoms with Crippen LogP contribution in [0.1, 0.15) is 51.9 Å². The van der Waals surface area contributed by atoms with E-state index in [-0.39, 0.29) is 0 Å². The average molecular weight is 268 g/mol. The minimum atomic E-state index is 0.438. The molecule has 3 nitrogen and oxygen atoms in total. The Morgan fingerprint density at radius 1 is 1.16 bits per heavy atom. The summed E-state index contributed by atoms with van der Waals surface area (Å²) in [4.78, 5) is 2.62. The normalized spacial score (nSPS) is 34.6. The van der Waals surface area contributed by atoms with Gasteiger partial charge in [-0.05, 0) is 43.9 Å². The predicted molar refractivity (Wildman–Crippen MR) is 80.2 cm³/mol. The van der Waals surface area contributed by atoms with Crippen molar-refractivity contribution in [2.75, 3.05) is 26.7 Å². The van der Waals surface area contributed by atoms with Crippen molar-refractivity contribution in [3.8, 4) is 0 Å². The summed E-state index contributed by atoms with van der Waals surface area (Å²) in [5.41, 5.74) is 6.36. The molecule has 1 saturated heterocycles. The summed E-state index contributed by atoms with van der Waals surface area (Å²) < 4.78 is 5.45. The van der Waals surface area contributed by atoms with E-state index in [0.29, 0.717) is 12.1 Å². The fourth-order valence-electron chi connectivity index (χ4n) is 3.92. The van der Waals surface area contributed by atoms with Crippen LogP contribution in [0.4, 0.5) is 0 Å². The van der Waals surface area contributed by atoms with Crippen LogP contribution in [0.25, 0.3) is 0 Å². The molecule has 0 aromatic rings. The number of hydrogen-bond donors (Lipinski definition) is 1. The van der Waals surface area contributed by atoms with E-state index >= 15 is 0 Å². The van der Waals surface area contributed by atoms with Crippen LogP contribution in [-0.2, 0) is 4.74 Å². The molecule has 2 aliphatic rings. The van der Waals surface area contributed by atoms with Crippen LogP contribution in [-0.4, -0.2) is 43.8 Å². The van der Waals surface area contributed by atoms with E-state index in [2.05, 4.69) is 11.8 Å². The van der Waals surface area contributed by atoms with Crippen LogP contribution < -0.4 is 5.73 Å². The van der Waals surface area contributed by atoms with Gasteiger partial charge >= 0.3 is 0 Å². The van der Waals surface area contributed by atoms with Crippen molar-refractivity contribution in [1.82, 2.24) is 4.90 Å². The minimum Gasteiger partial charge on any atom is -0.381 e. The Balaban J connectivity index is 1.77. The summed E-state index contributed by atoms with van der Waals surface area (Å²) >= 11 is 0. The van der Waals surface area contributed by atoms with Gasteiger partial charge in [-0.25, -0.2) is 0 Å². The van der Waals surface area contributed by atoms with E-state index in [9.17, 15) is 0 Å². The third kappa shape index (κ3) is 4.44. The SMILES string of the molecule is CCCC1CCC(N)C(CN2CCC(OC)CC2)C1. The number of nitrogens with two attached hydrogens (primary N) is 1. The lowest BCUT2D eigenvalue weighted by molar-refractivity contribution is 0.0312. The van der Waals surface area contributed by atoms with Gasteiger partial charge in [0, 0.05) is 32.8 Å². The van der Waals surface area contributed by atoms with Gasteiger partial charge in [0.05, 0.1) is 6.10 Å². The highest BCUT2D eigenvalue weighted by Crippen LogP contribution is 2.32. The molecule has 1 heterocycles. The average Bonchev–Trinajstić information content (AvgIpc) is 2.44. The first-order valence-corrected chi connectivity index (χ1v) is 8.23. The van der Waals surface area contributed by atoms with E-state index in [1.165, 1.54) is 64.6 Å². The van der Waals surface area contributed by atoms with Crippen molar-refractivity contribution in [2.24, 2.45) is 17.6 Å². The Bertz CT molecular complexity index is 251. The molecule has 0 aromatic carbocycles. The van der Waals surface area contributed by atoms with Gasteiger partial charge in [-0.3, -0.25) is 0 Å². The second kappa shape index (κ2) is 7.61. The van der Waals surface area contributed by atoms with Crippen molar-refractivity contribution < 1.29 is 4.74 Å². The van der Waals surface area contributed by atoms with Crippen molar-refractivity contribution in [2.45, 2.75) is 64.0 Å². The Morgan fingerprint density at radius 2 is 1.89 bits per heavy atom. The molecule has 3 unspecified atom stereocenters. The number of piperidine rings is 1. The molecule has 1 aliphatic heterocycles. The fraction of sp³-hybridized carbons (Fsp3) is 1.00. The highest BCUT2D eigenvalue weighted by atomic mass is 16.5. The number of hydrogen-bond acceptors (Lipinski definition) is 3. The maximum atomic E-state index is 6.36. The molecule has 1 saturated carbocycles. The van der Waals surface area contributed by atoms with Gasteiger partial charge in [-0.2, -0.15) is 0 Å². The van der Waals surface area contributed by atoms with E-state index in [0.717, 1.165) is 11.8 Å². The maximum absolute atomic E-state index is 6.36. The molecule has 112 valence electrons. The summed E-state index contributed by atoms with van der Waals surface area (Å²) in [6, 6.07) is 0.438. The molecule has 0 spiro atoms. The van der Waals surface area contributed by atoms with Gasteiger partial charge in [-0.15, -0.1) is 0 Å². The van der Waals surface area contributed by atoms with Crippen molar-refractivity contribution in [3.05, 3.63) is 0 Å². The lowest BCUT2D eigenvalue weighted by atomic mass is 9.76. The van der Waals surface area contributed by atoms with E-state index in [4.69, 9.17) is 10.5 Å². The number of nitrogens with zero attached hydrogens (tertiary/aromatic N) is 1. The van der Waals surface area contributed by atoms with Gasteiger partial charge in [0.1, 0.15) is 0 Å². The summed E-state index contributed by atoms with van der Waals surface area (Å²) in [6.45, 7) is 5.91. The predicted octanol–water partition coefficient (Wildman–Crippen LogP) is 2.64. The second-order valence-corrected chi connectivity index (χ2v) is 6.63. The van der Waals surface area contributed by atoms with Gasteiger partial charge in [0.15, 0.2) is 0 Å². The molecule has 0 amide bonds. The third-order valence-electron chi connectivity index (χ3n) is 5.21. The maximum Gasteiger partial charge on any atom is 0.0595 e. The first-order valence-electron chi connectivity index (χ1n) is 8.23. The molecule has 0 bridgehead atoms. The molecule has 2 fully saturated rings. The topological polar surface area (TPSA) is 38.5 Å². The fourth-order valence-corrected chi connectivity index (χ4v) is 3.92. The largest absolute Gasteiger partial charge is 0.381 e. The van der Waals surface area contributed by atoms with Crippen LogP contribution in [0.5, 0.6) is 0 Å². The molecule has 0 aromatic heterocycles. The quantitative estimate of drug-likeness (QED) is 0.833. The van der Waals surface area contributed by atoms with Gasteiger partial charge < -0.3 is 15.4 Å². The number of likely N-dealkylation sites (tertiary alicyclic amines) is 1. The van der Waals surface area contributed by atoms with Gasteiger partial charge in [0.2, 0.25) is 0 Å². The monoisotopic (exact) mass is 268 g/mol. The van der Waals surface area contributed by atoms with E-state index in [1.54, 1.807) is 0 Å². The first kappa shape index (κ1) is 15.3. The summed E-state index contributed by atoms with van der Waals surface area (Å²) in [6.07, 6.45) is 9.55. The Kier molecular flexibility index (Phi) is 6.11. The smallest absolute Gasteiger partial charge is 0.0595 e. The standard InChI is InChI=1S/C16H32N2O/c1-3-4-13-5-6-16(17)14(11-13)12-18-9-7-15(19-2)8-10-18/h13-16H,3-12,17H2,1-2H3. The Hall–Kier alpha value is -0.120. The summed E-state index contributed by atoms with van der Waals surface area (Å²) in [5, 5.41) is 0. The lowest BCUT2D eigenvalue weighted by Gasteiger charge is -2.39. The summed E-state index contributed by atoms with van der Waals surface area (Å²) in [7, 11) is 1.84. The molecule has 1 aliphatic carbocycles. The number of rotatable bonds is 5. The van der Waals surface area contributed by atoms with Crippen LogP contribution in [0.2, 0.25) is 0 Å². The van der Waals surface area contributed by atoms with E-state index in [1.807, 2.05) is 7.11 Å². The molecule has 3 heteroatoms. The zero-order chi connectivity index (χ0) is 13.7. The molecular weight excluding hydrogens is 236 g/mol. The molecule has 0 radical (unpaired) electrons. The third-order valence-corrected chi connectivity index (χ3v) is 5.21. The van der Waals surface area contributed by atoms with Crippen LogP contribution in [0, 0.1) is 11.8 Å². The van der Waals surface area contributed by atoms with Gasteiger partial charge in [-0.1, -0.05) is 19.8 Å². The first-order chi connectivity index (χ1) is 9.22. The summed E-state index contributed by atoms with van der Waals surface area (Å²) in [5.74, 6) is 1.66. The highest BCUT2D eigenvalue weighted by molar-refractivity contribution is 4.85. The van der Waals surface area contributed by atoms with E-state index < -0.39 is 0 Å². The second-order valence-electron chi connectivity index (χ2n) is 6.63. The zero-order valence-electron chi connectivity index (χ0n) is 12.8. The molecule has 2 rings (SSSR count). The molecule has 3 atom stereocenters. The molecule has 2 N–H and O–H groups in total. The number of ether oxygens (including phenoxy) is 1. The minimum absolute atomic E-state index is 0.438. The Morgan fingerprint density at radius 3 is 2.53 bits per heavy atom. The van der Waals surface area contributed by atoms with Crippen LogP contribution in [0.3, 0.4) is 0 Å². The number of methoxy groups -OCH3 is 1. The van der Waals surface area contributed by atoms with Crippen molar-refractivity contribution in [3.63, 3.8) is 0 Å². The zero-order valence-corrected chi connectivity index (χ0v) is 12.8. The molecular formula is C16H32N2O. The lowest BCUT2D eigenvalue weighted by Crippen LogP contribution is -2.46. The van der Waals surface area contributed by atoms with Crippen LogP contribution in [0.15, 0.2) is 0 Å².